The number of carbonyl (C=O) groups excluding carboxylic acids is 1. The molecule has 0 amide bonds. The van der Waals surface area contributed by atoms with Crippen LogP contribution in [-0.4, -0.2) is 19.7 Å². The molecule has 0 aliphatic carbocycles. The van der Waals surface area contributed by atoms with Crippen LogP contribution in [-0.2, 0) is 6.54 Å². The minimum atomic E-state index is 0.0159. The van der Waals surface area contributed by atoms with Crippen molar-refractivity contribution in [2.75, 3.05) is 0 Å². The SMILES string of the molecule is C#C/C=C\C=C/CCn1c2ccccc2n2c(C(=O)c3cccs3)c(C)nc12. The lowest BCUT2D eigenvalue weighted by molar-refractivity contribution is 0.103. The van der Waals surface area contributed by atoms with E-state index in [9.17, 15) is 4.79 Å². The molecule has 0 fully saturated rings. The zero-order chi connectivity index (χ0) is 19.5. The summed E-state index contributed by atoms with van der Waals surface area (Å²) in [4.78, 5) is 18.6. The molecule has 0 atom stereocenters. The fraction of sp³-hybridized carbons (Fsp3) is 0.130. The second-order valence-corrected chi connectivity index (χ2v) is 7.32. The van der Waals surface area contributed by atoms with Crippen LogP contribution in [0.4, 0.5) is 0 Å². The lowest BCUT2D eigenvalue weighted by Crippen LogP contribution is -2.04. The Kier molecular flexibility index (Phi) is 4.96. The zero-order valence-electron chi connectivity index (χ0n) is 15.5. The number of rotatable bonds is 6. The van der Waals surface area contributed by atoms with Crippen LogP contribution in [0.15, 0.2) is 66.1 Å². The number of benzene rings is 1. The highest BCUT2D eigenvalue weighted by atomic mass is 32.1. The molecule has 0 aliphatic rings. The van der Waals surface area contributed by atoms with Crippen LogP contribution in [0.5, 0.6) is 0 Å². The van der Waals surface area contributed by atoms with Crippen LogP contribution < -0.4 is 0 Å². The molecular formula is C23H19N3OS. The van der Waals surface area contributed by atoms with Crippen LogP contribution in [0.3, 0.4) is 0 Å². The number of thiophene rings is 1. The number of allylic oxidation sites excluding steroid dienone is 4. The largest absolute Gasteiger partial charge is 0.309 e. The number of terminal acetylenes is 1. The van der Waals surface area contributed by atoms with E-state index in [1.165, 1.54) is 11.3 Å². The van der Waals surface area contributed by atoms with Crippen molar-refractivity contribution in [3.05, 3.63) is 82.3 Å². The van der Waals surface area contributed by atoms with Crippen molar-refractivity contribution in [1.29, 1.82) is 0 Å². The summed E-state index contributed by atoms with van der Waals surface area (Å²) >= 11 is 1.45. The molecule has 4 aromatic rings. The van der Waals surface area contributed by atoms with Gasteiger partial charge in [0, 0.05) is 6.54 Å². The van der Waals surface area contributed by atoms with E-state index in [0.29, 0.717) is 5.69 Å². The van der Waals surface area contributed by atoms with Crippen molar-refractivity contribution >= 4 is 33.9 Å². The number of ketones is 1. The molecular weight excluding hydrogens is 366 g/mol. The molecule has 0 unspecified atom stereocenters. The number of fused-ring (bicyclic) bond motifs is 3. The van der Waals surface area contributed by atoms with E-state index in [4.69, 9.17) is 11.4 Å². The Morgan fingerprint density at radius 1 is 1.21 bits per heavy atom. The average molecular weight is 385 g/mol. The Bertz CT molecular complexity index is 1250. The third-order valence-electron chi connectivity index (χ3n) is 4.61. The summed E-state index contributed by atoms with van der Waals surface area (Å²) in [6.45, 7) is 2.66. The smallest absolute Gasteiger partial charge is 0.221 e. The summed E-state index contributed by atoms with van der Waals surface area (Å²) < 4.78 is 4.16. The zero-order valence-corrected chi connectivity index (χ0v) is 16.3. The molecule has 3 aromatic heterocycles. The Morgan fingerprint density at radius 3 is 2.79 bits per heavy atom. The molecule has 4 rings (SSSR count). The summed E-state index contributed by atoms with van der Waals surface area (Å²) in [6.07, 6.45) is 13.6. The van der Waals surface area contributed by atoms with Crippen LogP contribution in [0.25, 0.3) is 16.8 Å². The maximum Gasteiger partial charge on any atom is 0.221 e. The van der Waals surface area contributed by atoms with Gasteiger partial charge in [0.15, 0.2) is 0 Å². The minimum Gasteiger partial charge on any atom is -0.309 e. The van der Waals surface area contributed by atoms with Gasteiger partial charge in [0.05, 0.1) is 21.6 Å². The summed E-state index contributed by atoms with van der Waals surface area (Å²) in [6, 6.07) is 11.9. The van der Waals surface area contributed by atoms with Crippen LogP contribution in [0.1, 0.15) is 27.5 Å². The van der Waals surface area contributed by atoms with E-state index >= 15 is 0 Å². The van der Waals surface area contributed by atoms with Gasteiger partial charge in [-0.3, -0.25) is 9.20 Å². The minimum absolute atomic E-state index is 0.0159. The van der Waals surface area contributed by atoms with E-state index in [0.717, 1.165) is 40.3 Å². The fourth-order valence-corrected chi connectivity index (χ4v) is 4.08. The average Bonchev–Trinajstić information content (AvgIpc) is 3.40. The topological polar surface area (TPSA) is 39.3 Å². The van der Waals surface area contributed by atoms with Gasteiger partial charge in [0.2, 0.25) is 11.6 Å². The van der Waals surface area contributed by atoms with E-state index in [2.05, 4.69) is 22.6 Å². The highest BCUT2D eigenvalue weighted by Gasteiger charge is 2.23. The summed E-state index contributed by atoms with van der Waals surface area (Å²) in [7, 11) is 0. The second-order valence-electron chi connectivity index (χ2n) is 6.37. The molecule has 0 spiro atoms. The van der Waals surface area contributed by atoms with Crippen LogP contribution in [0.2, 0.25) is 0 Å². The molecule has 0 radical (unpaired) electrons. The summed E-state index contributed by atoms with van der Waals surface area (Å²) in [5.74, 6) is 3.28. The number of aromatic nitrogens is 3. The Morgan fingerprint density at radius 2 is 2.04 bits per heavy atom. The molecule has 1 aromatic carbocycles. The molecule has 5 heteroatoms. The van der Waals surface area contributed by atoms with E-state index < -0.39 is 0 Å². The van der Waals surface area contributed by atoms with Gasteiger partial charge < -0.3 is 4.57 Å². The van der Waals surface area contributed by atoms with Gasteiger partial charge in [0.25, 0.3) is 0 Å². The van der Waals surface area contributed by atoms with Crippen LogP contribution >= 0.6 is 11.3 Å². The molecule has 0 saturated heterocycles. The lowest BCUT2D eigenvalue weighted by atomic mass is 10.2. The number of aryl methyl sites for hydroxylation is 2. The number of imidazole rings is 2. The Hall–Kier alpha value is -3.36. The molecule has 0 aliphatic heterocycles. The number of carbonyl (C=O) groups is 1. The van der Waals surface area contributed by atoms with Gasteiger partial charge in [-0.05, 0) is 43.0 Å². The first kappa shape index (κ1) is 18.0. The van der Waals surface area contributed by atoms with Crippen molar-refractivity contribution in [3.8, 4) is 12.3 Å². The number of hydrogen-bond donors (Lipinski definition) is 0. The predicted molar refractivity (Wildman–Crippen MR) is 115 cm³/mol. The Balaban J connectivity index is 1.81. The predicted octanol–water partition coefficient (Wildman–Crippen LogP) is 5.03. The molecule has 0 bridgehead atoms. The monoisotopic (exact) mass is 385 g/mol. The van der Waals surface area contributed by atoms with Crippen LogP contribution in [0, 0.1) is 19.3 Å². The molecule has 28 heavy (non-hydrogen) atoms. The highest BCUT2D eigenvalue weighted by Crippen LogP contribution is 2.27. The van der Waals surface area contributed by atoms with Gasteiger partial charge in [-0.15, -0.1) is 17.8 Å². The molecule has 3 heterocycles. The van der Waals surface area contributed by atoms with Crippen molar-refractivity contribution in [2.24, 2.45) is 0 Å². The van der Waals surface area contributed by atoms with Gasteiger partial charge in [-0.25, -0.2) is 4.98 Å². The van der Waals surface area contributed by atoms with Gasteiger partial charge in [0.1, 0.15) is 5.69 Å². The maximum absolute atomic E-state index is 13.1. The number of para-hydroxylation sites is 2. The van der Waals surface area contributed by atoms with Gasteiger partial charge in [-0.2, -0.15) is 0 Å². The van der Waals surface area contributed by atoms with Crippen molar-refractivity contribution in [3.63, 3.8) is 0 Å². The Labute approximate surface area is 167 Å². The number of hydrogen-bond acceptors (Lipinski definition) is 3. The van der Waals surface area contributed by atoms with E-state index in [-0.39, 0.29) is 5.78 Å². The summed E-state index contributed by atoms with van der Waals surface area (Å²) in [5.41, 5.74) is 3.45. The maximum atomic E-state index is 13.1. The molecule has 138 valence electrons. The molecule has 4 nitrogen and oxygen atoms in total. The van der Waals surface area contributed by atoms with Crippen molar-refractivity contribution in [1.82, 2.24) is 14.0 Å². The summed E-state index contributed by atoms with van der Waals surface area (Å²) in [5, 5.41) is 1.92. The lowest BCUT2D eigenvalue weighted by Gasteiger charge is -2.02. The van der Waals surface area contributed by atoms with Crippen molar-refractivity contribution in [2.45, 2.75) is 19.9 Å². The third kappa shape index (κ3) is 3.08. The fourth-order valence-electron chi connectivity index (χ4n) is 3.41. The normalized spacial score (nSPS) is 11.9. The quantitative estimate of drug-likeness (QED) is 0.265. The first-order chi connectivity index (χ1) is 13.7. The van der Waals surface area contributed by atoms with Gasteiger partial charge in [-0.1, -0.05) is 42.3 Å². The van der Waals surface area contributed by atoms with E-state index in [1.54, 1.807) is 6.08 Å². The first-order valence-electron chi connectivity index (χ1n) is 9.04. The van der Waals surface area contributed by atoms with E-state index in [1.807, 2.05) is 59.2 Å². The second kappa shape index (κ2) is 7.71. The third-order valence-corrected chi connectivity index (χ3v) is 5.48. The molecule has 0 N–H and O–H groups in total. The van der Waals surface area contributed by atoms with Crippen molar-refractivity contribution < 1.29 is 4.79 Å². The number of nitrogens with zero attached hydrogens (tertiary/aromatic N) is 3. The standard InChI is InChI=1S/C23H19N3OS/c1-3-4-5-6-7-10-15-25-18-12-8-9-13-19(18)26-21(17(2)24-23(25)26)22(27)20-14-11-16-28-20/h1,4-9,11-14,16H,10,15H2,2H3/b5-4-,7-6-. The van der Waals surface area contributed by atoms with Gasteiger partial charge >= 0.3 is 0 Å². The first-order valence-corrected chi connectivity index (χ1v) is 9.92. The highest BCUT2D eigenvalue weighted by molar-refractivity contribution is 7.12. The molecule has 0 saturated carbocycles.